The molecule has 0 aromatic heterocycles. The molecule has 0 saturated carbocycles. The van der Waals surface area contributed by atoms with Crippen LogP contribution in [0.4, 0.5) is 14.5 Å². The van der Waals surface area contributed by atoms with E-state index in [4.69, 9.17) is 18.0 Å². The maximum atomic E-state index is 14.0. The Morgan fingerprint density at radius 3 is 2.57 bits per heavy atom. The summed E-state index contributed by atoms with van der Waals surface area (Å²) in [6, 6.07) is 3.10. The molecule has 3 N–H and O–H groups in total. The molecule has 0 amide bonds. The lowest BCUT2D eigenvalue weighted by atomic mass is 10.0. The van der Waals surface area contributed by atoms with Crippen molar-refractivity contribution < 1.29 is 8.78 Å². The predicted octanol–water partition coefficient (Wildman–Crippen LogP) is 2.89. The number of likely N-dealkylation sites (tertiary alicyclic amines) is 1. The van der Waals surface area contributed by atoms with Crippen molar-refractivity contribution in [3.05, 3.63) is 29.3 Å². The third-order valence-electron chi connectivity index (χ3n) is 3.83. The molecule has 0 aliphatic carbocycles. The molecule has 2 rings (SSSR count). The van der Waals surface area contributed by atoms with Gasteiger partial charge in [0.2, 0.25) is 0 Å². The van der Waals surface area contributed by atoms with Crippen LogP contribution in [0, 0.1) is 11.6 Å². The average Bonchev–Trinajstić information content (AvgIpc) is 2.46. The normalized spacial score (nSPS) is 16.9. The van der Waals surface area contributed by atoms with Crippen LogP contribution in [0.3, 0.4) is 0 Å². The molecule has 1 heterocycles. The van der Waals surface area contributed by atoms with E-state index in [1.165, 1.54) is 12.1 Å². The van der Waals surface area contributed by atoms with Crippen molar-refractivity contribution in [3.63, 3.8) is 0 Å². The van der Waals surface area contributed by atoms with E-state index in [9.17, 15) is 8.78 Å². The van der Waals surface area contributed by atoms with E-state index in [-0.39, 0.29) is 22.3 Å². The molecule has 116 valence electrons. The Labute approximate surface area is 129 Å². The van der Waals surface area contributed by atoms with E-state index < -0.39 is 11.6 Å². The van der Waals surface area contributed by atoms with E-state index in [1.54, 1.807) is 0 Å². The highest BCUT2D eigenvalue weighted by molar-refractivity contribution is 7.80. The van der Waals surface area contributed by atoms with Gasteiger partial charge < -0.3 is 16.0 Å². The van der Waals surface area contributed by atoms with Crippen LogP contribution in [0.1, 0.15) is 31.7 Å². The monoisotopic (exact) mass is 313 g/mol. The smallest absolute Gasteiger partial charge is 0.182 e. The van der Waals surface area contributed by atoms with Gasteiger partial charge in [-0.15, -0.1) is 0 Å². The van der Waals surface area contributed by atoms with Crippen LogP contribution < -0.4 is 11.1 Å². The first-order valence-corrected chi connectivity index (χ1v) is 7.70. The van der Waals surface area contributed by atoms with E-state index in [0.29, 0.717) is 0 Å². The van der Waals surface area contributed by atoms with Gasteiger partial charge in [-0.05, 0) is 37.9 Å². The SMILES string of the molecule is CCCN1CCC(Nc2ccc(C(N)=S)c(F)c2F)CC1. The first-order valence-electron chi connectivity index (χ1n) is 7.29. The summed E-state index contributed by atoms with van der Waals surface area (Å²) < 4.78 is 27.9. The highest BCUT2D eigenvalue weighted by atomic mass is 32.1. The molecule has 1 fully saturated rings. The number of thiocarbonyl (C=S) groups is 1. The highest BCUT2D eigenvalue weighted by Gasteiger charge is 2.21. The zero-order valence-electron chi connectivity index (χ0n) is 12.2. The molecular formula is C15H21F2N3S. The van der Waals surface area contributed by atoms with Crippen molar-refractivity contribution >= 4 is 22.9 Å². The fraction of sp³-hybridized carbons (Fsp3) is 0.533. The third kappa shape index (κ3) is 3.89. The van der Waals surface area contributed by atoms with Crippen molar-refractivity contribution in [1.29, 1.82) is 0 Å². The van der Waals surface area contributed by atoms with Gasteiger partial charge in [0.15, 0.2) is 11.6 Å². The summed E-state index contributed by atoms with van der Waals surface area (Å²) >= 11 is 4.70. The summed E-state index contributed by atoms with van der Waals surface area (Å²) in [6.45, 7) is 5.23. The molecule has 3 nitrogen and oxygen atoms in total. The van der Waals surface area contributed by atoms with Crippen LogP contribution in [0.25, 0.3) is 0 Å². The van der Waals surface area contributed by atoms with Gasteiger partial charge >= 0.3 is 0 Å². The molecule has 0 radical (unpaired) electrons. The van der Waals surface area contributed by atoms with Crippen LogP contribution >= 0.6 is 12.2 Å². The van der Waals surface area contributed by atoms with Gasteiger partial charge in [0, 0.05) is 24.7 Å². The Hall–Kier alpha value is -1.27. The molecular weight excluding hydrogens is 292 g/mol. The molecule has 0 unspecified atom stereocenters. The minimum atomic E-state index is -0.976. The highest BCUT2D eigenvalue weighted by Crippen LogP contribution is 2.23. The van der Waals surface area contributed by atoms with E-state index in [0.717, 1.165) is 38.9 Å². The number of piperidine rings is 1. The number of hydrogen-bond acceptors (Lipinski definition) is 3. The van der Waals surface area contributed by atoms with Gasteiger partial charge in [-0.1, -0.05) is 19.1 Å². The van der Waals surface area contributed by atoms with Gasteiger partial charge in [0.1, 0.15) is 4.99 Å². The average molecular weight is 313 g/mol. The van der Waals surface area contributed by atoms with Crippen molar-refractivity contribution in [2.75, 3.05) is 25.0 Å². The lowest BCUT2D eigenvalue weighted by Gasteiger charge is -2.32. The second-order valence-corrected chi connectivity index (χ2v) is 5.85. The lowest BCUT2D eigenvalue weighted by molar-refractivity contribution is 0.219. The van der Waals surface area contributed by atoms with E-state index in [2.05, 4.69) is 17.1 Å². The first kappa shape index (κ1) is 16.1. The Balaban J connectivity index is 2.01. The van der Waals surface area contributed by atoms with Crippen LogP contribution in [-0.4, -0.2) is 35.6 Å². The number of anilines is 1. The number of rotatable bonds is 5. The minimum Gasteiger partial charge on any atom is -0.389 e. The fourth-order valence-electron chi connectivity index (χ4n) is 2.69. The first-order chi connectivity index (χ1) is 10.0. The van der Waals surface area contributed by atoms with Gasteiger partial charge in [-0.25, -0.2) is 8.78 Å². The number of benzene rings is 1. The number of halogens is 2. The van der Waals surface area contributed by atoms with E-state index in [1.807, 2.05) is 0 Å². The molecule has 0 atom stereocenters. The Kier molecular flexibility index (Phi) is 5.47. The number of nitrogens with one attached hydrogen (secondary N) is 1. The minimum absolute atomic E-state index is 0.0502. The van der Waals surface area contributed by atoms with Gasteiger partial charge in [-0.2, -0.15) is 0 Å². The lowest BCUT2D eigenvalue weighted by Crippen LogP contribution is -2.39. The molecule has 1 aromatic rings. The molecule has 1 aliphatic heterocycles. The zero-order chi connectivity index (χ0) is 15.4. The van der Waals surface area contributed by atoms with Gasteiger partial charge in [0.05, 0.1) is 5.69 Å². The van der Waals surface area contributed by atoms with Crippen molar-refractivity contribution in [3.8, 4) is 0 Å². The topological polar surface area (TPSA) is 41.3 Å². The van der Waals surface area contributed by atoms with Crippen molar-refractivity contribution in [1.82, 2.24) is 4.90 Å². The summed E-state index contributed by atoms with van der Waals surface area (Å²) in [5, 5.41) is 3.09. The summed E-state index contributed by atoms with van der Waals surface area (Å²) in [5.74, 6) is -1.88. The quantitative estimate of drug-likeness (QED) is 0.820. The molecule has 1 aromatic carbocycles. The third-order valence-corrected chi connectivity index (χ3v) is 4.05. The molecule has 0 spiro atoms. The Morgan fingerprint density at radius 1 is 1.33 bits per heavy atom. The largest absolute Gasteiger partial charge is 0.389 e. The molecule has 21 heavy (non-hydrogen) atoms. The number of nitrogens with two attached hydrogens (primary N) is 1. The summed E-state index contributed by atoms with van der Waals surface area (Å²) in [4.78, 5) is 2.26. The Bertz CT molecular complexity index is 514. The summed E-state index contributed by atoms with van der Waals surface area (Å²) in [6.07, 6.45) is 2.99. The second-order valence-electron chi connectivity index (χ2n) is 5.41. The zero-order valence-corrected chi connectivity index (χ0v) is 13.0. The maximum absolute atomic E-state index is 14.0. The molecule has 6 heteroatoms. The molecule has 0 bridgehead atoms. The maximum Gasteiger partial charge on any atom is 0.182 e. The van der Waals surface area contributed by atoms with Gasteiger partial charge in [0.25, 0.3) is 0 Å². The van der Waals surface area contributed by atoms with Crippen LogP contribution in [0.2, 0.25) is 0 Å². The van der Waals surface area contributed by atoms with Gasteiger partial charge in [-0.3, -0.25) is 0 Å². The summed E-state index contributed by atoms with van der Waals surface area (Å²) in [7, 11) is 0. The predicted molar refractivity (Wildman–Crippen MR) is 85.6 cm³/mol. The van der Waals surface area contributed by atoms with Crippen LogP contribution in [0.5, 0.6) is 0 Å². The number of hydrogen-bond donors (Lipinski definition) is 2. The molecule has 1 aliphatic rings. The van der Waals surface area contributed by atoms with Crippen LogP contribution in [-0.2, 0) is 0 Å². The standard InChI is InChI=1S/C15H21F2N3S/c1-2-7-20-8-5-10(6-9-20)19-12-4-3-11(15(18)21)13(16)14(12)17/h3-4,10,19H,2,5-9H2,1H3,(H2,18,21). The van der Waals surface area contributed by atoms with Crippen LogP contribution in [0.15, 0.2) is 12.1 Å². The van der Waals surface area contributed by atoms with E-state index >= 15 is 0 Å². The van der Waals surface area contributed by atoms with Crippen molar-refractivity contribution in [2.24, 2.45) is 5.73 Å². The van der Waals surface area contributed by atoms with Crippen molar-refractivity contribution in [2.45, 2.75) is 32.2 Å². The second kappa shape index (κ2) is 7.13. The fourth-order valence-corrected chi connectivity index (χ4v) is 2.85. The molecule has 1 saturated heterocycles. The Morgan fingerprint density at radius 2 is 2.00 bits per heavy atom. The summed E-state index contributed by atoms with van der Waals surface area (Å²) in [5.41, 5.74) is 5.49. The number of nitrogens with zero attached hydrogens (tertiary/aromatic N) is 1.